The quantitative estimate of drug-likeness (QED) is 0.487. The van der Waals surface area contributed by atoms with Gasteiger partial charge in [-0.15, -0.1) is 11.8 Å². The summed E-state index contributed by atoms with van der Waals surface area (Å²) in [5.41, 5.74) is 0. The summed E-state index contributed by atoms with van der Waals surface area (Å²) in [5.74, 6) is 0. The molecule has 0 saturated heterocycles. The molecule has 0 spiro atoms. The number of hydrogen-bond donors (Lipinski definition) is 0. The van der Waals surface area contributed by atoms with Crippen LogP contribution in [-0.2, 0) is 0 Å². The Labute approximate surface area is 54.6 Å². The molecule has 1 aliphatic rings. The summed E-state index contributed by atoms with van der Waals surface area (Å²) in [6, 6.07) is 0.542. The molecule has 0 saturated carbocycles. The Morgan fingerprint density at radius 3 is 2.25 bits per heavy atom. The lowest BCUT2D eigenvalue weighted by atomic mass is 10.3. The third kappa shape index (κ3) is 1.05. The van der Waals surface area contributed by atoms with Crippen LogP contribution in [0.2, 0.25) is 0 Å². The zero-order valence-electron chi connectivity index (χ0n) is 5.51. The van der Waals surface area contributed by atoms with Crippen LogP contribution in [0.25, 0.3) is 0 Å². The second-order valence-corrected chi connectivity index (χ2v) is 3.78. The molecule has 1 rings (SSSR count). The fourth-order valence-electron chi connectivity index (χ4n) is 0.790. The van der Waals surface area contributed by atoms with Crippen LogP contribution in [0.3, 0.4) is 0 Å². The number of aliphatic imine (C=N–C) groups is 1. The molecule has 0 radical (unpaired) electrons. The largest absolute Gasteiger partial charge is 0.279 e. The van der Waals surface area contributed by atoms with Gasteiger partial charge in [0.1, 0.15) is 0 Å². The molecule has 0 aromatic heterocycles. The zero-order chi connectivity index (χ0) is 6.15. The van der Waals surface area contributed by atoms with Gasteiger partial charge in [0, 0.05) is 5.25 Å². The predicted molar refractivity (Wildman–Crippen MR) is 39.6 cm³/mol. The van der Waals surface area contributed by atoms with E-state index in [0.717, 1.165) is 0 Å². The van der Waals surface area contributed by atoms with Gasteiger partial charge in [-0.25, -0.2) is 0 Å². The third-order valence-electron chi connectivity index (χ3n) is 1.42. The van der Waals surface area contributed by atoms with Gasteiger partial charge in [0.2, 0.25) is 0 Å². The highest BCUT2D eigenvalue weighted by atomic mass is 32.2. The molecule has 2 atom stereocenters. The Balaban J connectivity index is 2.56. The summed E-state index contributed by atoms with van der Waals surface area (Å²) >= 11 is 1.88. The van der Waals surface area contributed by atoms with Crippen molar-refractivity contribution in [2.24, 2.45) is 4.99 Å². The topological polar surface area (TPSA) is 12.4 Å². The summed E-state index contributed by atoms with van der Waals surface area (Å²) in [4.78, 5) is 4.35. The van der Waals surface area contributed by atoms with Crippen LogP contribution in [0.15, 0.2) is 4.99 Å². The van der Waals surface area contributed by atoms with Crippen LogP contribution in [0.5, 0.6) is 0 Å². The van der Waals surface area contributed by atoms with Gasteiger partial charge in [-0.05, 0) is 13.8 Å². The monoisotopic (exact) mass is 129 g/mol. The molecule has 46 valence electrons. The van der Waals surface area contributed by atoms with E-state index in [0.29, 0.717) is 11.3 Å². The van der Waals surface area contributed by atoms with Gasteiger partial charge in [-0.1, -0.05) is 6.92 Å². The summed E-state index contributed by atoms with van der Waals surface area (Å²) in [6.07, 6.45) is 0. The molecule has 2 heteroatoms. The summed E-state index contributed by atoms with van der Waals surface area (Å²) < 4.78 is 0. The van der Waals surface area contributed by atoms with E-state index in [1.165, 1.54) is 5.04 Å². The molecule has 1 aliphatic heterocycles. The maximum absolute atomic E-state index is 4.35. The second-order valence-electron chi connectivity index (χ2n) is 2.21. The van der Waals surface area contributed by atoms with Crippen molar-refractivity contribution in [3.05, 3.63) is 0 Å². The first-order chi connectivity index (χ1) is 3.70. The van der Waals surface area contributed by atoms with Crippen molar-refractivity contribution < 1.29 is 0 Å². The molecular formula is C6H11NS. The Kier molecular flexibility index (Phi) is 1.61. The minimum absolute atomic E-state index is 0.542. The molecule has 1 heterocycles. The fraction of sp³-hybridized carbons (Fsp3) is 0.833. The Hall–Kier alpha value is 0.0200. The maximum atomic E-state index is 4.35. The van der Waals surface area contributed by atoms with Crippen molar-refractivity contribution >= 4 is 16.8 Å². The highest BCUT2D eigenvalue weighted by Gasteiger charge is 2.18. The molecule has 0 N–H and O–H groups in total. The summed E-state index contributed by atoms with van der Waals surface area (Å²) in [6.45, 7) is 6.45. The van der Waals surface area contributed by atoms with E-state index in [-0.39, 0.29) is 0 Å². The van der Waals surface area contributed by atoms with E-state index < -0.39 is 0 Å². The minimum Gasteiger partial charge on any atom is -0.279 e. The van der Waals surface area contributed by atoms with Crippen LogP contribution in [0.1, 0.15) is 20.8 Å². The SMILES string of the molecule is CC1=N[C@H](C)[C@H](C)S1. The maximum Gasteiger partial charge on any atom is 0.0652 e. The number of rotatable bonds is 0. The first-order valence-corrected chi connectivity index (χ1v) is 3.79. The zero-order valence-corrected chi connectivity index (χ0v) is 6.33. The van der Waals surface area contributed by atoms with Crippen molar-refractivity contribution in [2.75, 3.05) is 0 Å². The van der Waals surface area contributed by atoms with Crippen molar-refractivity contribution in [1.82, 2.24) is 0 Å². The normalized spacial score (nSPS) is 37.6. The highest BCUT2D eigenvalue weighted by Crippen LogP contribution is 2.25. The Bertz CT molecular complexity index is 120. The lowest BCUT2D eigenvalue weighted by molar-refractivity contribution is 0.749. The lowest BCUT2D eigenvalue weighted by Gasteiger charge is -2.02. The van der Waals surface area contributed by atoms with Gasteiger partial charge in [0.25, 0.3) is 0 Å². The van der Waals surface area contributed by atoms with E-state index in [9.17, 15) is 0 Å². The van der Waals surface area contributed by atoms with Gasteiger partial charge in [-0.2, -0.15) is 0 Å². The average molecular weight is 129 g/mol. The molecule has 0 unspecified atom stereocenters. The second kappa shape index (κ2) is 2.09. The molecule has 8 heavy (non-hydrogen) atoms. The molecule has 1 nitrogen and oxygen atoms in total. The Morgan fingerprint density at radius 1 is 1.50 bits per heavy atom. The van der Waals surface area contributed by atoms with Gasteiger partial charge >= 0.3 is 0 Å². The van der Waals surface area contributed by atoms with Crippen molar-refractivity contribution in [1.29, 1.82) is 0 Å². The summed E-state index contributed by atoms with van der Waals surface area (Å²) in [7, 11) is 0. The van der Waals surface area contributed by atoms with Crippen LogP contribution in [0.4, 0.5) is 0 Å². The minimum atomic E-state index is 0.542. The molecule has 0 fully saturated rings. The molecule has 0 aliphatic carbocycles. The van der Waals surface area contributed by atoms with Crippen LogP contribution < -0.4 is 0 Å². The number of nitrogens with zero attached hydrogens (tertiary/aromatic N) is 1. The van der Waals surface area contributed by atoms with Crippen LogP contribution in [0, 0.1) is 0 Å². The number of hydrogen-bond acceptors (Lipinski definition) is 2. The number of thioether (sulfide) groups is 1. The third-order valence-corrected chi connectivity index (χ3v) is 2.63. The average Bonchev–Trinajstić information content (AvgIpc) is 1.85. The van der Waals surface area contributed by atoms with Gasteiger partial charge in [0.05, 0.1) is 11.1 Å². The van der Waals surface area contributed by atoms with Crippen molar-refractivity contribution in [2.45, 2.75) is 32.1 Å². The van der Waals surface area contributed by atoms with Crippen LogP contribution >= 0.6 is 11.8 Å². The standard InChI is InChI=1S/C6H11NS/c1-4-5(2)8-6(3)7-4/h4-5H,1-3H3/t4-,5+/m1/s1. The van der Waals surface area contributed by atoms with E-state index in [2.05, 4.69) is 25.8 Å². The Morgan fingerprint density at radius 2 is 2.12 bits per heavy atom. The fourth-order valence-corrected chi connectivity index (χ4v) is 1.81. The smallest absolute Gasteiger partial charge is 0.0652 e. The molecule has 0 amide bonds. The first kappa shape index (κ1) is 6.14. The van der Waals surface area contributed by atoms with E-state index in [1.54, 1.807) is 0 Å². The van der Waals surface area contributed by atoms with E-state index >= 15 is 0 Å². The van der Waals surface area contributed by atoms with Gasteiger partial charge in [-0.3, -0.25) is 4.99 Å². The molecule has 0 bridgehead atoms. The van der Waals surface area contributed by atoms with E-state index in [4.69, 9.17) is 0 Å². The lowest BCUT2D eigenvalue weighted by Crippen LogP contribution is -2.07. The van der Waals surface area contributed by atoms with Gasteiger partial charge < -0.3 is 0 Å². The van der Waals surface area contributed by atoms with Crippen molar-refractivity contribution in [3.8, 4) is 0 Å². The van der Waals surface area contributed by atoms with Crippen LogP contribution in [-0.4, -0.2) is 16.3 Å². The molecular weight excluding hydrogens is 118 g/mol. The summed E-state index contributed by atoms with van der Waals surface area (Å²) in [5, 5.41) is 1.94. The first-order valence-electron chi connectivity index (χ1n) is 2.91. The van der Waals surface area contributed by atoms with Crippen molar-refractivity contribution in [3.63, 3.8) is 0 Å². The molecule has 0 aromatic carbocycles. The highest BCUT2D eigenvalue weighted by molar-refractivity contribution is 8.14. The van der Waals surface area contributed by atoms with Gasteiger partial charge in [0.15, 0.2) is 0 Å². The predicted octanol–water partition coefficient (Wildman–Crippen LogP) is 1.93. The van der Waals surface area contributed by atoms with E-state index in [1.807, 2.05) is 11.8 Å². The molecule has 0 aromatic rings.